The average Bonchev–Trinajstić information content (AvgIpc) is 2.52. The molecule has 0 aromatic rings. The van der Waals surface area contributed by atoms with Gasteiger partial charge in [-0.25, -0.2) is 0 Å². The molecule has 0 fully saturated rings. The fourth-order valence-electron chi connectivity index (χ4n) is 1.88. The molecule has 25 heteroatoms. The Morgan fingerprint density at radius 1 is 0.351 bits per heavy atom. The van der Waals surface area contributed by atoms with Crippen LogP contribution in [0.1, 0.15) is 0 Å². The molecule has 0 aliphatic heterocycles. The zero-order chi connectivity index (χ0) is 30.4. The van der Waals surface area contributed by atoms with E-state index in [4.69, 9.17) is 0 Å². The molecule has 0 saturated carbocycles. The summed E-state index contributed by atoms with van der Waals surface area (Å²) in [5.74, 6) is -14.3. The molecule has 0 aromatic heterocycles. The van der Waals surface area contributed by atoms with E-state index in [1.165, 1.54) is 0 Å². The number of hydrogen-bond donors (Lipinski definition) is 0. The van der Waals surface area contributed by atoms with Gasteiger partial charge in [-0.1, -0.05) is 0 Å². The molecule has 0 aromatic carbocycles. The van der Waals surface area contributed by atoms with Crippen molar-refractivity contribution in [3.8, 4) is 0 Å². The van der Waals surface area contributed by atoms with E-state index in [9.17, 15) is 96.6 Å². The maximum absolute atomic E-state index is 13.5. The monoisotopic (exact) mass is 828 g/mol. The molecule has 0 atom stereocenters. The Morgan fingerprint density at radius 2 is 0.541 bits per heavy atom. The molecule has 0 heterocycles. The van der Waals surface area contributed by atoms with Crippen LogP contribution in [0.4, 0.5) is 96.6 Å². The van der Waals surface area contributed by atoms with Crippen molar-refractivity contribution in [1.29, 1.82) is 0 Å². The number of rotatable bonds is 6. The molecule has 0 bridgehead atoms. The Labute approximate surface area is 204 Å². The van der Waals surface area contributed by atoms with Crippen LogP contribution in [-0.4, -0.2) is 48.9 Å². The van der Waals surface area contributed by atoms with Gasteiger partial charge in [-0.3, -0.25) is 0 Å². The Kier molecular flexibility index (Phi) is 10.7. The summed E-state index contributed by atoms with van der Waals surface area (Å²) >= 11 is -5.48. The minimum absolute atomic E-state index is 2.00. The molecule has 0 saturated heterocycles. The van der Waals surface area contributed by atoms with Crippen LogP contribution in [0, 0.1) is 0 Å². The van der Waals surface area contributed by atoms with Crippen molar-refractivity contribution in [1.82, 2.24) is 0 Å². The van der Waals surface area contributed by atoms with E-state index in [-0.39, 0.29) is 0 Å². The third kappa shape index (κ3) is 8.78. The van der Waals surface area contributed by atoms with Gasteiger partial charge in [-0.15, -0.1) is 0 Å². The van der Waals surface area contributed by atoms with E-state index < -0.39 is 108 Å². The average molecular weight is 827 g/mol. The van der Waals surface area contributed by atoms with Gasteiger partial charge in [0.1, 0.15) is 0 Å². The molecule has 0 aliphatic rings. The Morgan fingerprint density at radius 3 is 0.676 bits per heavy atom. The molecule has 0 rings (SSSR count). The van der Waals surface area contributed by atoms with E-state index in [0.29, 0.717) is 0 Å². The normalized spacial score (nSPS) is 14.9. The van der Waals surface area contributed by atoms with Crippen LogP contribution in [0.2, 0.25) is 0 Å². The van der Waals surface area contributed by atoms with Crippen molar-refractivity contribution in [2.75, 3.05) is 0 Å². The van der Waals surface area contributed by atoms with Gasteiger partial charge in [0.2, 0.25) is 0 Å². The molecule has 0 nitrogen and oxygen atoms in total. The number of halogens is 22. The third-order valence-electron chi connectivity index (χ3n) is 3.28. The molecule has 0 spiro atoms. The van der Waals surface area contributed by atoms with Gasteiger partial charge in [-0.05, 0) is 0 Å². The van der Waals surface area contributed by atoms with E-state index in [2.05, 4.69) is 0 Å². The van der Waals surface area contributed by atoms with Crippen LogP contribution in [0.15, 0.2) is 21.0 Å². The first-order chi connectivity index (χ1) is 15.7. The molecule has 0 amide bonds. The SMILES string of the molecule is FC(F)(F)C(=C([S][Hg][S]C(=C(C(F)(F)F)C(F)(F)F)C(F)(F)C(F)(F)F)C(F)(F)C(F)(F)F)C(F)(F)F. The summed E-state index contributed by atoms with van der Waals surface area (Å²) in [6.07, 6.45) is -43.2. The van der Waals surface area contributed by atoms with Crippen molar-refractivity contribution in [2.45, 2.75) is 48.9 Å². The predicted octanol–water partition coefficient (Wildman–Crippen LogP) is 9.52. The Hall–Kier alpha value is -0.425. The second kappa shape index (κ2) is 10.9. The fourth-order valence-corrected chi connectivity index (χ4v) is 22.3. The van der Waals surface area contributed by atoms with E-state index in [1.807, 2.05) is 0 Å². The summed E-state index contributed by atoms with van der Waals surface area (Å²) in [5, 5.41) is 0. The summed E-state index contributed by atoms with van der Waals surface area (Å²) < 4.78 is 282. The van der Waals surface area contributed by atoms with Crippen LogP contribution >= 0.6 is 16.5 Å². The second-order valence-electron chi connectivity index (χ2n) is 5.95. The topological polar surface area (TPSA) is 0 Å². The molecule has 0 N–H and O–H groups in total. The first-order valence-corrected chi connectivity index (χ1v) is 23.1. The van der Waals surface area contributed by atoms with Crippen LogP contribution in [0.3, 0.4) is 0 Å². The standard InChI is InChI=1S/2C6HF11S.Hg/c2*7-3(8,6(15,16)17)2(18)1(4(9,10)11)5(12,13)14;/h2*18H;/q;;+2/p-2. The summed E-state index contributed by atoms with van der Waals surface area (Å²) in [7, 11) is -4.01. The van der Waals surface area contributed by atoms with Gasteiger partial charge in [0, 0.05) is 0 Å². The van der Waals surface area contributed by atoms with Crippen molar-refractivity contribution in [3.05, 3.63) is 21.0 Å². The summed E-state index contributed by atoms with van der Waals surface area (Å²) in [6, 6.07) is 0. The van der Waals surface area contributed by atoms with Gasteiger partial charge < -0.3 is 0 Å². The summed E-state index contributed by atoms with van der Waals surface area (Å²) in [4.78, 5) is -8.21. The first-order valence-electron chi connectivity index (χ1n) is 7.64. The van der Waals surface area contributed by atoms with Crippen molar-refractivity contribution in [3.63, 3.8) is 0 Å². The molecule has 0 radical (unpaired) electrons. The van der Waals surface area contributed by atoms with Gasteiger partial charge in [0.15, 0.2) is 0 Å². The fraction of sp³-hybridized carbons (Fsp3) is 0.667. The zero-order valence-corrected chi connectivity index (χ0v) is 23.0. The van der Waals surface area contributed by atoms with Crippen molar-refractivity contribution < 1.29 is 118 Å². The molecule has 0 unspecified atom stereocenters. The van der Waals surface area contributed by atoms with Gasteiger partial charge in [0.05, 0.1) is 0 Å². The molecular formula is C12F22HgS2. The Bertz CT molecular complexity index is 768. The first kappa shape index (κ1) is 36.6. The van der Waals surface area contributed by atoms with Crippen LogP contribution in [-0.2, 0) is 21.5 Å². The quantitative estimate of drug-likeness (QED) is 0.194. The minimum atomic E-state index is -7.33. The van der Waals surface area contributed by atoms with Crippen LogP contribution < -0.4 is 0 Å². The third-order valence-corrected chi connectivity index (χ3v) is 20.7. The van der Waals surface area contributed by atoms with Gasteiger partial charge >= 0.3 is 204 Å². The maximum atomic E-state index is 13.5. The second-order valence-corrected chi connectivity index (χ2v) is 23.3. The number of hydrogen-bond acceptors (Lipinski definition) is 2. The molecule has 0 aliphatic carbocycles. The number of alkyl halides is 22. The van der Waals surface area contributed by atoms with E-state index >= 15 is 0 Å². The zero-order valence-electron chi connectivity index (χ0n) is 15.8. The Balaban J connectivity index is 7.23. The van der Waals surface area contributed by atoms with E-state index in [0.717, 1.165) is 0 Å². The molecular weight excluding hydrogens is 827 g/mol. The number of allylic oxidation sites excluding steroid dienone is 4. The van der Waals surface area contributed by atoms with E-state index in [1.54, 1.807) is 0 Å². The summed E-state index contributed by atoms with van der Waals surface area (Å²) in [5.41, 5.74) is -9.32. The van der Waals surface area contributed by atoms with Crippen molar-refractivity contribution in [2.24, 2.45) is 0 Å². The van der Waals surface area contributed by atoms with Gasteiger partial charge in [0.25, 0.3) is 0 Å². The molecule has 37 heavy (non-hydrogen) atoms. The van der Waals surface area contributed by atoms with Gasteiger partial charge in [-0.2, -0.15) is 0 Å². The van der Waals surface area contributed by atoms with Crippen molar-refractivity contribution >= 4 is 16.5 Å². The summed E-state index contributed by atoms with van der Waals surface area (Å²) in [6.45, 7) is 0. The predicted molar refractivity (Wildman–Crippen MR) is 75.5 cm³/mol. The van der Waals surface area contributed by atoms with Crippen LogP contribution in [0.25, 0.3) is 0 Å². The molecule has 216 valence electrons. The van der Waals surface area contributed by atoms with Crippen LogP contribution in [0.5, 0.6) is 0 Å².